The molecule has 0 spiro atoms. The maximum Gasteiger partial charge on any atom is 0.253 e. The molecule has 106 valence electrons. The maximum absolute atomic E-state index is 12.3. The smallest absolute Gasteiger partial charge is 0.253 e. The number of carbonyl (C=O) groups is 1. The van der Waals surface area contributed by atoms with Crippen molar-refractivity contribution in [3.63, 3.8) is 0 Å². The second kappa shape index (κ2) is 8.05. The third-order valence-electron chi connectivity index (χ3n) is 3.06. The number of nitrogens with one attached hydrogen (secondary N) is 2. The van der Waals surface area contributed by atoms with Gasteiger partial charge in [0.05, 0.1) is 5.56 Å². The number of anilines is 1. The Kier molecular flexibility index (Phi) is 6.71. The molecule has 1 unspecified atom stereocenters. The van der Waals surface area contributed by atoms with Crippen molar-refractivity contribution in [2.24, 2.45) is 0 Å². The molecule has 0 aliphatic carbocycles. The van der Waals surface area contributed by atoms with Crippen molar-refractivity contribution >= 4 is 23.2 Å². The summed E-state index contributed by atoms with van der Waals surface area (Å²) in [6.45, 7) is 6.98. The van der Waals surface area contributed by atoms with Crippen LogP contribution in [0, 0.1) is 0 Å². The molecule has 0 aliphatic rings. The lowest BCUT2D eigenvalue weighted by Gasteiger charge is -2.18. The number of rotatable bonds is 7. The highest BCUT2D eigenvalue weighted by molar-refractivity contribution is 6.31. The van der Waals surface area contributed by atoms with Crippen molar-refractivity contribution in [3.05, 3.63) is 28.8 Å². The molecule has 2 N–H and O–H groups in total. The molecule has 0 aromatic heterocycles. The van der Waals surface area contributed by atoms with Gasteiger partial charge in [-0.1, -0.05) is 31.9 Å². The minimum Gasteiger partial charge on any atom is -0.385 e. The predicted molar refractivity (Wildman–Crippen MR) is 82.1 cm³/mol. The van der Waals surface area contributed by atoms with Crippen molar-refractivity contribution in [3.8, 4) is 0 Å². The fourth-order valence-electron chi connectivity index (χ4n) is 2.04. The molecule has 0 saturated heterocycles. The van der Waals surface area contributed by atoms with E-state index >= 15 is 0 Å². The maximum atomic E-state index is 12.3. The van der Waals surface area contributed by atoms with Crippen molar-refractivity contribution in [2.45, 2.75) is 46.1 Å². The SMILES string of the molecule is CCCC(CC)NC(=O)c1cc(Cl)ccc1NCC. The standard InChI is InChI=1S/C15H23ClN2O/c1-4-7-12(5-2)18-15(19)13-10-11(16)8-9-14(13)17-6-3/h8-10,12,17H,4-7H2,1-3H3,(H,18,19). The van der Waals surface area contributed by atoms with E-state index in [1.165, 1.54) is 0 Å². The molecule has 1 aromatic rings. The zero-order chi connectivity index (χ0) is 14.3. The summed E-state index contributed by atoms with van der Waals surface area (Å²) < 4.78 is 0. The van der Waals surface area contributed by atoms with Crippen molar-refractivity contribution in [2.75, 3.05) is 11.9 Å². The molecule has 0 fully saturated rings. The van der Waals surface area contributed by atoms with Crippen LogP contribution >= 0.6 is 11.6 Å². The van der Waals surface area contributed by atoms with Crippen LogP contribution in [0.15, 0.2) is 18.2 Å². The highest BCUT2D eigenvalue weighted by Crippen LogP contribution is 2.21. The molecule has 0 bridgehead atoms. The third-order valence-corrected chi connectivity index (χ3v) is 3.29. The molecular weight excluding hydrogens is 260 g/mol. The summed E-state index contributed by atoms with van der Waals surface area (Å²) >= 11 is 5.98. The number of halogens is 1. The molecule has 0 saturated carbocycles. The Hall–Kier alpha value is -1.22. The van der Waals surface area contributed by atoms with Gasteiger partial charge in [-0.2, -0.15) is 0 Å². The Balaban J connectivity index is 2.87. The average molecular weight is 283 g/mol. The average Bonchev–Trinajstić information content (AvgIpc) is 2.40. The van der Waals surface area contributed by atoms with Gasteiger partial charge in [-0.15, -0.1) is 0 Å². The van der Waals surface area contributed by atoms with Crippen LogP contribution in [0.5, 0.6) is 0 Å². The molecule has 1 rings (SSSR count). The molecule has 1 atom stereocenters. The van der Waals surface area contributed by atoms with E-state index in [0.29, 0.717) is 10.6 Å². The van der Waals surface area contributed by atoms with Gasteiger partial charge in [0.1, 0.15) is 0 Å². The molecule has 0 aliphatic heterocycles. The number of carbonyl (C=O) groups excluding carboxylic acids is 1. The molecule has 0 heterocycles. The monoisotopic (exact) mass is 282 g/mol. The Morgan fingerprint density at radius 3 is 2.63 bits per heavy atom. The minimum atomic E-state index is -0.0567. The molecule has 4 heteroatoms. The van der Waals surface area contributed by atoms with Crippen LogP contribution in [-0.2, 0) is 0 Å². The van der Waals surface area contributed by atoms with Crippen LogP contribution in [0.2, 0.25) is 5.02 Å². The largest absolute Gasteiger partial charge is 0.385 e. The summed E-state index contributed by atoms with van der Waals surface area (Å²) in [5.74, 6) is -0.0567. The normalized spacial score (nSPS) is 12.0. The summed E-state index contributed by atoms with van der Waals surface area (Å²) in [6.07, 6.45) is 3.00. The molecule has 0 radical (unpaired) electrons. The quantitative estimate of drug-likeness (QED) is 0.791. The zero-order valence-corrected chi connectivity index (χ0v) is 12.7. The van der Waals surface area contributed by atoms with Gasteiger partial charge in [-0.3, -0.25) is 4.79 Å². The van der Waals surface area contributed by atoms with E-state index in [0.717, 1.165) is 31.5 Å². The van der Waals surface area contributed by atoms with Gasteiger partial charge in [-0.25, -0.2) is 0 Å². The Labute approximate surface area is 120 Å². The van der Waals surface area contributed by atoms with Gasteiger partial charge in [0.15, 0.2) is 0 Å². The third kappa shape index (κ3) is 4.75. The van der Waals surface area contributed by atoms with E-state index in [1.807, 2.05) is 13.0 Å². The molecule has 1 aromatic carbocycles. The van der Waals surface area contributed by atoms with Crippen LogP contribution in [-0.4, -0.2) is 18.5 Å². The predicted octanol–water partition coefficient (Wildman–Crippen LogP) is 4.08. The summed E-state index contributed by atoms with van der Waals surface area (Å²) in [4.78, 5) is 12.3. The molecule has 19 heavy (non-hydrogen) atoms. The van der Waals surface area contributed by atoms with Gasteiger partial charge >= 0.3 is 0 Å². The van der Waals surface area contributed by atoms with Crippen LogP contribution in [0.4, 0.5) is 5.69 Å². The van der Waals surface area contributed by atoms with E-state index in [1.54, 1.807) is 12.1 Å². The first-order chi connectivity index (χ1) is 9.12. The molecule has 3 nitrogen and oxygen atoms in total. The van der Waals surface area contributed by atoms with Gasteiger partial charge < -0.3 is 10.6 Å². The van der Waals surface area contributed by atoms with E-state index in [2.05, 4.69) is 24.5 Å². The summed E-state index contributed by atoms with van der Waals surface area (Å²) in [7, 11) is 0. The van der Waals surface area contributed by atoms with Crippen LogP contribution in [0.1, 0.15) is 50.4 Å². The Morgan fingerprint density at radius 2 is 2.05 bits per heavy atom. The minimum absolute atomic E-state index is 0.0567. The first-order valence-electron chi connectivity index (χ1n) is 6.96. The van der Waals surface area contributed by atoms with E-state index < -0.39 is 0 Å². The Morgan fingerprint density at radius 1 is 1.32 bits per heavy atom. The lowest BCUT2D eigenvalue weighted by atomic mass is 10.1. The van der Waals surface area contributed by atoms with Crippen molar-refractivity contribution < 1.29 is 4.79 Å². The highest BCUT2D eigenvalue weighted by Gasteiger charge is 2.15. The van der Waals surface area contributed by atoms with Gasteiger partial charge in [0, 0.05) is 23.3 Å². The van der Waals surface area contributed by atoms with Gasteiger partial charge in [0.25, 0.3) is 5.91 Å². The van der Waals surface area contributed by atoms with Crippen LogP contribution in [0.25, 0.3) is 0 Å². The summed E-state index contributed by atoms with van der Waals surface area (Å²) in [5.41, 5.74) is 1.44. The first kappa shape index (κ1) is 15.8. The fourth-order valence-corrected chi connectivity index (χ4v) is 2.21. The number of hydrogen-bond acceptors (Lipinski definition) is 2. The molecular formula is C15H23ClN2O. The van der Waals surface area contributed by atoms with Crippen molar-refractivity contribution in [1.29, 1.82) is 0 Å². The van der Waals surface area contributed by atoms with E-state index in [4.69, 9.17) is 11.6 Å². The van der Waals surface area contributed by atoms with E-state index in [9.17, 15) is 4.79 Å². The molecule has 1 amide bonds. The summed E-state index contributed by atoms with van der Waals surface area (Å²) in [6, 6.07) is 5.58. The number of benzene rings is 1. The highest BCUT2D eigenvalue weighted by atomic mass is 35.5. The summed E-state index contributed by atoms with van der Waals surface area (Å²) in [5, 5.41) is 6.84. The van der Waals surface area contributed by atoms with E-state index in [-0.39, 0.29) is 11.9 Å². The first-order valence-corrected chi connectivity index (χ1v) is 7.34. The zero-order valence-electron chi connectivity index (χ0n) is 11.9. The number of hydrogen-bond donors (Lipinski definition) is 2. The van der Waals surface area contributed by atoms with Crippen molar-refractivity contribution in [1.82, 2.24) is 5.32 Å². The second-order valence-corrected chi connectivity index (χ2v) is 5.02. The van der Waals surface area contributed by atoms with Crippen LogP contribution < -0.4 is 10.6 Å². The van der Waals surface area contributed by atoms with Crippen LogP contribution in [0.3, 0.4) is 0 Å². The fraction of sp³-hybridized carbons (Fsp3) is 0.533. The topological polar surface area (TPSA) is 41.1 Å². The Bertz CT molecular complexity index is 421. The van der Waals surface area contributed by atoms with Gasteiger partial charge in [0.2, 0.25) is 0 Å². The lowest BCUT2D eigenvalue weighted by molar-refractivity contribution is 0.0934. The number of amides is 1. The van der Waals surface area contributed by atoms with Gasteiger partial charge in [-0.05, 0) is 38.0 Å². The second-order valence-electron chi connectivity index (χ2n) is 4.59. The lowest BCUT2D eigenvalue weighted by Crippen LogP contribution is -2.34.